The van der Waals surface area contributed by atoms with Crippen molar-refractivity contribution in [3.8, 4) is 11.2 Å². The van der Waals surface area contributed by atoms with Crippen LogP contribution in [-0.2, 0) is 10.0 Å². The van der Waals surface area contributed by atoms with Gasteiger partial charge in [-0.25, -0.2) is 27.2 Å². The molecule has 3 aromatic heterocycles. The number of alkyl halides is 2. The molecule has 2 aliphatic rings. The van der Waals surface area contributed by atoms with Crippen LogP contribution >= 0.6 is 11.3 Å². The van der Waals surface area contributed by atoms with Gasteiger partial charge in [0.05, 0.1) is 21.9 Å². The van der Waals surface area contributed by atoms with Gasteiger partial charge >= 0.3 is 0 Å². The average molecular weight is 574 g/mol. The summed E-state index contributed by atoms with van der Waals surface area (Å²) < 4.78 is 57.4. The molecule has 0 radical (unpaired) electrons. The first-order valence-electron chi connectivity index (χ1n) is 12.4. The van der Waals surface area contributed by atoms with Gasteiger partial charge in [0.2, 0.25) is 15.2 Å². The third kappa shape index (κ3) is 4.31. The number of piperazine rings is 1. The van der Waals surface area contributed by atoms with Crippen LogP contribution in [-0.4, -0.2) is 75.8 Å². The number of anilines is 1. The molecule has 4 aromatic rings. The third-order valence-electron chi connectivity index (χ3n) is 7.48. The van der Waals surface area contributed by atoms with Crippen molar-refractivity contribution in [1.82, 2.24) is 34.4 Å². The summed E-state index contributed by atoms with van der Waals surface area (Å²) in [6.07, 6.45) is -0.510. The highest BCUT2D eigenvalue weighted by Crippen LogP contribution is 2.40. The Kier molecular flexibility index (Phi) is 6.06. The molecule has 0 spiro atoms. The molecular formula is C24H25F2N9O2S2. The summed E-state index contributed by atoms with van der Waals surface area (Å²) in [6.45, 7) is 5.76. The van der Waals surface area contributed by atoms with Gasteiger partial charge in [0, 0.05) is 30.6 Å². The van der Waals surface area contributed by atoms with Crippen LogP contribution in [0, 0.1) is 11.3 Å². The summed E-state index contributed by atoms with van der Waals surface area (Å²) in [6, 6.07) is 7.01. The van der Waals surface area contributed by atoms with Gasteiger partial charge in [-0.15, -0.1) is 10.2 Å². The van der Waals surface area contributed by atoms with E-state index in [2.05, 4.69) is 55.6 Å². The van der Waals surface area contributed by atoms with Crippen LogP contribution in [0.25, 0.3) is 27.1 Å². The van der Waals surface area contributed by atoms with E-state index in [0.29, 0.717) is 58.5 Å². The smallest absolute Gasteiger partial charge is 0.291 e. The molecule has 1 aliphatic heterocycles. The zero-order chi connectivity index (χ0) is 27.7. The number of hydrogen-bond donors (Lipinski definition) is 1. The Labute approximate surface area is 227 Å². The normalized spacial score (nSPS) is 21.6. The Morgan fingerprint density at radius 3 is 2.62 bits per heavy atom. The Hall–Kier alpha value is -3.32. The second-order valence-electron chi connectivity index (χ2n) is 10.2. The summed E-state index contributed by atoms with van der Waals surface area (Å²) in [5.74, 6) is 0.671. The highest BCUT2D eigenvalue weighted by atomic mass is 32.2. The lowest BCUT2D eigenvalue weighted by molar-refractivity contribution is 0.150. The second-order valence-corrected chi connectivity index (χ2v) is 12.9. The van der Waals surface area contributed by atoms with Gasteiger partial charge in [0.1, 0.15) is 17.7 Å². The van der Waals surface area contributed by atoms with E-state index >= 15 is 0 Å². The van der Waals surface area contributed by atoms with E-state index in [1.165, 1.54) is 18.5 Å². The van der Waals surface area contributed by atoms with Gasteiger partial charge in [-0.2, -0.15) is 9.98 Å². The molecule has 39 heavy (non-hydrogen) atoms. The third-order valence-corrected chi connectivity index (χ3v) is 9.93. The van der Waals surface area contributed by atoms with E-state index in [1.54, 1.807) is 10.6 Å². The fourth-order valence-corrected chi connectivity index (χ4v) is 7.17. The molecule has 0 bridgehead atoms. The van der Waals surface area contributed by atoms with Gasteiger partial charge in [-0.05, 0) is 45.9 Å². The number of fused-ring (bicyclic) bond motifs is 3. The zero-order valence-electron chi connectivity index (χ0n) is 21.3. The van der Waals surface area contributed by atoms with E-state index < -0.39 is 27.0 Å². The molecule has 1 N–H and O–H groups in total. The molecule has 1 saturated carbocycles. The summed E-state index contributed by atoms with van der Waals surface area (Å²) in [5, 5.41) is 18.0. The van der Waals surface area contributed by atoms with Crippen molar-refractivity contribution < 1.29 is 17.2 Å². The Balaban J connectivity index is 1.59. The first kappa shape index (κ1) is 25.9. The molecule has 1 saturated heterocycles. The molecule has 1 aromatic carbocycles. The van der Waals surface area contributed by atoms with Crippen molar-refractivity contribution in [2.24, 2.45) is 0 Å². The number of likely N-dealkylation sites (N-methyl/N-ethyl adjacent to an activating group) is 1. The number of nitriles is 1. The molecule has 6 rings (SSSR count). The summed E-state index contributed by atoms with van der Waals surface area (Å²) in [5.41, 5.74) is -0.286. The molecule has 11 nitrogen and oxygen atoms in total. The molecule has 4 heterocycles. The van der Waals surface area contributed by atoms with Crippen molar-refractivity contribution in [2.75, 3.05) is 25.0 Å². The first-order chi connectivity index (χ1) is 18.5. The van der Waals surface area contributed by atoms with E-state index in [9.17, 15) is 22.5 Å². The topological polar surface area (TPSA) is 133 Å². The lowest BCUT2D eigenvalue weighted by Crippen LogP contribution is -2.55. The van der Waals surface area contributed by atoms with Gasteiger partial charge < -0.3 is 4.90 Å². The largest absolute Gasteiger partial charge is 0.350 e. The van der Waals surface area contributed by atoms with Gasteiger partial charge in [-0.3, -0.25) is 9.47 Å². The number of nitrogens with zero attached hydrogens (tertiary/aromatic N) is 8. The SMILES string of the molecule is C[C@@H]1CN(C)[C@@H](C)CN1c1ncnc2c1c1ccc(S(=O)(=O)NC3(C#N)CC3)cc1n2-c1nnc(C(F)F)s1. The predicted molar refractivity (Wildman–Crippen MR) is 142 cm³/mol. The number of sulfonamides is 1. The number of nitrogens with one attached hydrogen (secondary N) is 1. The van der Waals surface area contributed by atoms with Crippen LogP contribution in [0.2, 0.25) is 0 Å². The maximum Gasteiger partial charge on any atom is 0.291 e. The Morgan fingerprint density at radius 1 is 1.18 bits per heavy atom. The van der Waals surface area contributed by atoms with Crippen molar-refractivity contribution in [1.29, 1.82) is 5.26 Å². The van der Waals surface area contributed by atoms with Crippen LogP contribution in [0.4, 0.5) is 14.6 Å². The molecule has 2 fully saturated rings. The van der Waals surface area contributed by atoms with Crippen molar-refractivity contribution in [2.45, 2.75) is 55.6 Å². The summed E-state index contributed by atoms with van der Waals surface area (Å²) in [4.78, 5) is 13.5. The fourth-order valence-electron chi connectivity index (χ4n) is 5.06. The molecule has 0 amide bonds. The van der Waals surface area contributed by atoms with Gasteiger partial charge in [0.15, 0.2) is 10.7 Å². The minimum absolute atomic E-state index is 0.0599. The minimum Gasteiger partial charge on any atom is -0.350 e. The molecular weight excluding hydrogens is 548 g/mol. The molecule has 1 aliphatic carbocycles. The van der Waals surface area contributed by atoms with Gasteiger partial charge in [-0.1, -0.05) is 17.4 Å². The quantitative estimate of drug-likeness (QED) is 0.369. The van der Waals surface area contributed by atoms with Gasteiger partial charge in [0.25, 0.3) is 6.43 Å². The lowest BCUT2D eigenvalue weighted by Gasteiger charge is -2.43. The number of hydrogen-bond acceptors (Lipinski definition) is 10. The minimum atomic E-state index is -4.05. The highest BCUT2D eigenvalue weighted by molar-refractivity contribution is 7.89. The van der Waals surface area contributed by atoms with Crippen LogP contribution in [0.1, 0.15) is 38.1 Å². The van der Waals surface area contributed by atoms with Crippen LogP contribution in [0.15, 0.2) is 29.4 Å². The first-order valence-corrected chi connectivity index (χ1v) is 14.7. The van der Waals surface area contributed by atoms with E-state index in [-0.39, 0.29) is 22.1 Å². The highest BCUT2D eigenvalue weighted by Gasteiger charge is 2.47. The zero-order valence-corrected chi connectivity index (χ0v) is 23.0. The number of benzene rings is 1. The summed E-state index contributed by atoms with van der Waals surface area (Å²) in [7, 11) is -1.97. The van der Waals surface area contributed by atoms with Crippen LogP contribution < -0.4 is 9.62 Å². The van der Waals surface area contributed by atoms with E-state index in [0.717, 1.165) is 6.54 Å². The molecule has 204 valence electrons. The maximum atomic E-state index is 13.4. The van der Waals surface area contributed by atoms with Crippen LogP contribution in [0.3, 0.4) is 0 Å². The standard InChI is InChI=1S/C24H25F2N9O2S2/c1-13-10-34(14(2)9-33(13)3)20-18-16-5-4-15(39(36,37)32-24(11-27)6-7-24)8-17(16)35(21(18)29-12-28-20)23-31-30-22(38-23)19(25)26/h4-5,8,12-14,19,32H,6-7,9-10H2,1-3H3/t13-,14+/m0/s1. The van der Waals surface area contributed by atoms with Crippen molar-refractivity contribution >= 4 is 49.1 Å². The number of rotatable bonds is 6. The fraction of sp³-hybridized carbons (Fsp3) is 0.458. The lowest BCUT2D eigenvalue weighted by atomic mass is 10.1. The second kappa shape index (κ2) is 9.12. The monoisotopic (exact) mass is 573 g/mol. The van der Waals surface area contributed by atoms with Crippen molar-refractivity contribution in [3.63, 3.8) is 0 Å². The average Bonchev–Trinajstić information content (AvgIpc) is 3.34. The Morgan fingerprint density at radius 2 is 1.95 bits per heavy atom. The van der Waals surface area contributed by atoms with E-state index in [1.807, 2.05) is 6.07 Å². The molecule has 2 atom stereocenters. The van der Waals surface area contributed by atoms with Crippen LogP contribution in [0.5, 0.6) is 0 Å². The van der Waals surface area contributed by atoms with E-state index in [4.69, 9.17) is 0 Å². The predicted octanol–water partition coefficient (Wildman–Crippen LogP) is 3.23. The summed E-state index contributed by atoms with van der Waals surface area (Å²) >= 11 is 0.710. The number of halogens is 2. The molecule has 15 heteroatoms. The van der Waals surface area contributed by atoms with Crippen molar-refractivity contribution in [3.05, 3.63) is 29.5 Å². The molecule has 0 unspecified atom stereocenters. The maximum absolute atomic E-state index is 13.4. The number of aromatic nitrogens is 5. The Bertz CT molecular complexity index is 1740.